The zero-order chi connectivity index (χ0) is 20.9. The quantitative estimate of drug-likeness (QED) is 0.682. The number of nitrogens with one attached hydrogen (secondary N) is 1. The van der Waals surface area contributed by atoms with E-state index in [1.807, 2.05) is 36.2 Å². The Morgan fingerprint density at radius 3 is 2.63 bits per heavy atom. The van der Waals surface area contributed by atoms with Crippen LogP contribution in [-0.4, -0.2) is 35.2 Å². The topological polar surface area (TPSA) is 62.3 Å². The van der Waals surface area contributed by atoms with Crippen LogP contribution in [0.3, 0.4) is 0 Å². The van der Waals surface area contributed by atoms with E-state index in [0.29, 0.717) is 12.1 Å². The monoisotopic (exact) mass is 401 g/mol. The van der Waals surface area contributed by atoms with Gasteiger partial charge in [0.25, 0.3) is 0 Å². The number of benzene rings is 2. The van der Waals surface area contributed by atoms with Gasteiger partial charge in [0.05, 0.1) is 5.92 Å². The predicted octanol–water partition coefficient (Wildman–Crippen LogP) is 3.60. The number of aromatic nitrogens is 1. The maximum Gasteiger partial charge on any atom is 0.250 e. The van der Waals surface area contributed by atoms with Gasteiger partial charge in [-0.15, -0.1) is 0 Å². The molecule has 0 radical (unpaired) electrons. The summed E-state index contributed by atoms with van der Waals surface area (Å²) in [6.45, 7) is 0.490. The Hall–Kier alpha value is -3.38. The number of Topliss-reactive ketones (excluding diaryl/α,β-unsaturated/α-hetero) is 1. The second kappa shape index (κ2) is 6.85. The van der Waals surface area contributed by atoms with Gasteiger partial charge in [-0.2, -0.15) is 0 Å². The Labute approximate surface area is 173 Å². The molecule has 150 valence electrons. The minimum atomic E-state index is -1.14. The Morgan fingerprint density at radius 2 is 1.90 bits per heavy atom. The van der Waals surface area contributed by atoms with Crippen molar-refractivity contribution in [3.63, 3.8) is 0 Å². The molecule has 1 fully saturated rings. The maximum absolute atomic E-state index is 13.8. The van der Waals surface area contributed by atoms with E-state index in [2.05, 4.69) is 10.3 Å². The fourth-order valence-electron chi connectivity index (χ4n) is 5.09. The number of para-hydroxylation sites is 1. The number of ketones is 1. The number of likely N-dealkylation sites (N-methyl/N-ethyl adjacent to an activating group) is 1. The molecule has 1 saturated heterocycles. The number of hydrogen-bond acceptors (Lipinski definition) is 4. The van der Waals surface area contributed by atoms with Gasteiger partial charge >= 0.3 is 0 Å². The molecule has 5 nitrogen and oxygen atoms in total. The summed E-state index contributed by atoms with van der Waals surface area (Å²) in [6, 6.07) is 17.1. The summed E-state index contributed by atoms with van der Waals surface area (Å²) in [4.78, 5) is 33.4. The van der Waals surface area contributed by atoms with Gasteiger partial charge in [-0.1, -0.05) is 30.3 Å². The van der Waals surface area contributed by atoms with Crippen LogP contribution in [0.4, 0.5) is 10.1 Å². The van der Waals surface area contributed by atoms with Crippen LogP contribution in [0.25, 0.3) is 0 Å². The first-order chi connectivity index (χ1) is 14.5. The smallest absolute Gasteiger partial charge is 0.250 e. The van der Waals surface area contributed by atoms with Crippen molar-refractivity contribution < 1.29 is 14.0 Å². The minimum absolute atomic E-state index is 0.145. The number of amides is 1. The summed E-state index contributed by atoms with van der Waals surface area (Å²) in [7, 11) is 1.87. The third-order valence-corrected chi connectivity index (χ3v) is 6.38. The predicted molar refractivity (Wildman–Crippen MR) is 111 cm³/mol. The molecule has 2 aliphatic rings. The summed E-state index contributed by atoms with van der Waals surface area (Å²) >= 11 is 0. The molecule has 3 aromatic rings. The van der Waals surface area contributed by atoms with E-state index in [9.17, 15) is 14.0 Å². The maximum atomic E-state index is 13.8. The minimum Gasteiger partial charge on any atom is -0.324 e. The lowest BCUT2D eigenvalue weighted by atomic mass is 9.70. The molecule has 3 heterocycles. The molecule has 0 aliphatic carbocycles. The van der Waals surface area contributed by atoms with E-state index in [-0.39, 0.29) is 23.4 Å². The van der Waals surface area contributed by atoms with Crippen molar-refractivity contribution in [1.82, 2.24) is 9.88 Å². The molecule has 0 bridgehead atoms. The molecule has 6 heteroatoms. The van der Waals surface area contributed by atoms with Crippen LogP contribution < -0.4 is 5.32 Å². The van der Waals surface area contributed by atoms with Crippen molar-refractivity contribution in [2.45, 2.75) is 11.5 Å². The number of carbonyl (C=O) groups excluding carboxylic acids is 2. The Bertz CT molecular complexity index is 1130. The average molecular weight is 401 g/mol. The van der Waals surface area contributed by atoms with Crippen LogP contribution in [-0.2, 0) is 10.3 Å². The largest absolute Gasteiger partial charge is 0.324 e. The number of halogens is 1. The number of hydrogen-bond donors (Lipinski definition) is 1. The Balaban J connectivity index is 1.73. The second-order valence-corrected chi connectivity index (χ2v) is 7.89. The molecule has 0 unspecified atom stereocenters. The first-order valence-corrected chi connectivity index (χ1v) is 9.85. The van der Waals surface area contributed by atoms with E-state index in [0.717, 1.165) is 16.8 Å². The molecule has 1 aromatic heterocycles. The Morgan fingerprint density at radius 1 is 1.13 bits per heavy atom. The van der Waals surface area contributed by atoms with Gasteiger partial charge in [-0.3, -0.25) is 19.5 Å². The van der Waals surface area contributed by atoms with Crippen molar-refractivity contribution in [1.29, 1.82) is 0 Å². The molecule has 1 spiro atoms. The summed E-state index contributed by atoms with van der Waals surface area (Å²) in [5, 5.41) is 2.97. The first-order valence-electron chi connectivity index (χ1n) is 9.85. The van der Waals surface area contributed by atoms with Crippen molar-refractivity contribution in [3.8, 4) is 0 Å². The van der Waals surface area contributed by atoms with E-state index in [1.54, 1.807) is 30.5 Å². The number of pyridine rings is 1. The van der Waals surface area contributed by atoms with Crippen LogP contribution in [0, 0.1) is 11.7 Å². The van der Waals surface area contributed by atoms with Gasteiger partial charge < -0.3 is 5.32 Å². The molecule has 30 heavy (non-hydrogen) atoms. The number of nitrogens with zero attached hydrogens (tertiary/aromatic N) is 2. The Kier molecular flexibility index (Phi) is 4.25. The van der Waals surface area contributed by atoms with Crippen LogP contribution >= 0.6 is 0 Å². The SMILES string of the molecule is CN1C[C@H](c2ccc(F)cc2)[C@H](C(=O)c2cccnc2)[C@]12C(=O)Nc1ccccc12. The van der Waals surface area contributed by atoms with Crippen molar-refractivity contribution in [2.24, 2.45) is 5.92 Å². The van der Waals surface area contributed by atoms with E-state index in [1.165, 1.54) is 18.3 Å². The summed E-state index contributed by atoms with van der Waals surface area (Å²) < 4.78 is 13.6. The fourth-order valence-corrected chi connectivity index (χ4v) is 5.09. The zero-order valence-corrected chi connectivity index (χ0v) is 16.4. The van der Waals surface area contributed by atoms with Crippen molar-refractivity contribution in [2.75, 3.05) is 18.9 Å². The van der Waals surface area contributed by atoms with E-state index in [4.69, 9.17) is 0 Å². The summed E-state index contributed by atoms with van der Waals surface area (Å²) in [5.41, 5.74) is 1.67. The van der Waals surface area contributed by atoms with Gasteiger partial charge in [0.2, 0.25) is 5.91 Å². The standard InChI is InChI=1S/C24H20FN3O2/c1-28-14-18(15-8-10-17(25)11-9-15)21(22(29)16-5-4-12-26-13-16)24(28)19-6-2-3-7-20(19)27-23(24)30/h2-13,18,21H,14H2,1H3,(H,27,30)/t18-,21-,24-/m1/s1. The number of anilines is 1. The molecular weight excluding hydrogens is 381 g/mol. The van der Waals surface area contributed by atoms with Crippen molar-refractivity contribution >= 4 is 17.4 Å². The van der Waals surface area contributed by atoms with Crippen LogP contribution in [0.5, 0.6) is 0 Å². The molecule has 2 aliphatic heterocycles. The molecule has 3 atom stereocenters. The number of likely N-dealkylation sites (tertiary alicyclic amines) is 1. The third-order valence-electron chi connectivity index (χ3n) is 6.38. The van der Waals surface area contributed by atoms with Crippen LogP contribution in [0.15, 0.2) is 73.1 Å². The molecule has 1 N–H and O–H groups in total. The van der Waals surface area contributed by atoms with Gasteiger partial charge in [0.15, 0.2) is 5.78 Å². The third kappa shape index (κ3) is 2.53. The number of carbonyl (C=O) groups is 2. The highest BCUT2D eigenvalue weighted by molar-refractivity contribution is 6.12. The second-order valence-electron chi connectivity index (χ2n) is 7.89. The average Bonchev–Trinajstić information content (AvgIpc) is 3.24. The van der Waals surface area contributed by atoms with E-state index >= 15 is 0 Å². The van der Waals surface area contributed by atoms with Gasteiger partial charge in [0.1, 0.15) is 11.4 Å². The molecule has 5 rings (SSSR count). The van der Waals surface area contributed by atoms with Crippen LogP contribution in [0.1, 0.15) is 27.4 Å². The fraction of sp³-hybridized carbons (Fsp3) is 0.208. The summed E-state index contributed by atoms with van der Waals surface area (Å²) in [5.74, 6) is -1.65. The highest BCUT2D eigenvalue weighted by Gasteiger charge is 2.64. The van der Waals surface area contributed by atoms with Crippen LogP contribution in [0.2, 0.25) is 0 Å². The lowest BCUT2D eigenvalue weighted by Crippen LogP contribution is -2.51. The normalized spacial score (nSPS) is 25.3. The first kappa shape index (κ1) is 18.6. The highest BCUT2D eigenvalue weighted by Crippen LogP contribution is 2.55. The highest BCUT2D eigenvalue weighted by atomic mass is 19.1. The van der Waals surface area contributed by atoms with Crippen molar-refractivity contribution in [3.05, 3.63) is 95.6 Å². The molecule has 1 amide bonds. The molecule has 0 saturated carbocycles. The van der Waals surface area contributed by atoms with Gasteiger partial charge in [-0.05, 0) is 42.9 Å². The molecular formula is C24H20FN3O2. The lowest BCUT2D eigenvalue weighted by molar-refractivity contribution is -0.126. The number of rotatable bonds is 3. The zero-order valence-electron chi connectivity index (χ0n) is 16.4. The lowest BCUT2D eigenvalue weighted by Gasteiger charge is -2.35. The van der Waals surface area contributed by atoms with E-state index < -0.39 is 11.5 Å². The number of fused-ring (bicyclic) bond motifs is 2. The van der Waals surface area contributed by atoms with Gasteiger partial charge in [0, 0.05) is 41.7 Å². The van der Waals surface area contributed by atoms with Gasteiger partial charge in [-0.25, -0.2) is 4.39 Å². The molecule has 2 aromatic carbocycles. The summed E-state index contributed by atoms with van der Waals surface area (Å²) in [6.07, 6.45) is 3.15.